The van der Waals surface area contributed by atoms with E-state index in [9.17, 15) is 0 Å². The van der Waals surface area contributed by atoms with Gasteiger partial charge < -0.3 is 9.80 Å². The third-order valence-corrected chi connectivity index (χ3v) is 16.1. The second kappa shape index (κ2) is 16.1. The van der Waals surface area contributed by atoms with Gasteiger partial charge in [-0.3, -0.25) is 0 Å². The maximum absolute atomic E-state index is 2.69. The molecule has 0 heterocycles. The zero-order valence-electron chi connectivity index (χ0n) is 41.5. The van der Waals surface area contributed by atoms with Crippen molar-refractivity contribution in [3.63, 3.8) is 0 Å². The summed E-state index contributed by atoms with van der Waals surface area (Å²) in [6, 6.07) is 43.5. The van der Waals surface area contributed by atoms with Gasteiger partial charge in [0.25, 0.3) is 0 Å². The molecule has 1 unspecified atom stereocenters. The topological polar surface area (TPSA) is 6.48 Å². The van der Waals surface area contributed by atoms with Crippen LogP contribution in [0.2, 0.25) is 0 Å². The molecule has 3 atom stereocenters. The summed E-state index contributed by atoms with van der Waals surface area (Å²) in [6.45, 7) is 30.1. The maximum Gasteiger partial charge on any atom is 0.0520 e. The molecular weight excluding hydrogens is 773 g/mol. The Hall–Kier alpha value is -5.08. The lowest BCUT2D eigenvalue weighted by atomic mass is 9.52. The van der Waals surface area contributed by atoms with Crippen LogP contribution in [-0.4, -0.2) is 0 Å². The molecule has 2 saturated carbocycles. The van der Waals surface area contributed by atoms with Gasteiger partial charge in [-0.05, 0) is 195 Å². The van der Waals surface area contributed by atoms with Crippen molar-refractivity contribution in [1.82, 2.24) is 0 Å². The second-order valence-electron chi connectivity index (χ2n) is 22.5. The van der Waals surface area contributed by atoms with Gasteiger partial charge in [-0.15, -0.1) is 0 Å². The van der Waals surface area contributed by atoms with Crippen LogP contribution in [0.25, 0.3) is 11.1 Å². The number of hydrogen-bond donors (Lipinski definition) is 0. The number of fused-ring (bicyclic) bond motifs is 3. The molecule has 0 aliphatic heterocycles. The molecule has 0 N–H and O–H groups in total. The standard InChI is InChI=1S/C62H74N2/c1-14-15-17-46-30-33-61-31-16-32-62(46,61)56-39-52(64(50-24-20-41(3)21-25-50)58-44(6)36-48(37-45(58)7)60(11,12)13)27-29-54(56)53-28-26-51(38-55(53)61)63(49-22-18-40(2)19-23-49)57-42(4)34-47(35-43(57)5)59(8,9)10/h18-29,34-39,46H,14-17,30-33H2,1-13H3/t46?,61-,62+/m1/s1. The number of benzene rings is 6. The summed E-state index contributed by atoms with van der Waals surface area (Å²) in [5.74, 6) is 0.658. The molecule has 2 fully saturated rings. The molecule has 332 valence electrons. The smallest absolute Gasteiger partial charge is 0.0520 e. The quantitative estimate of drug-likeness (QED) is 0.143. The molecule has 64 heavy (non-hydrogen) atoms. The van der Waals surface area contributed by atoms with Crippen molar-refractivity contribution in [2.24, 2.45) is 5.92 Å². The van der Waals surface area contributed by atoms with Gasteiger partial charge >= 0.3 is 0 Å². The molecule has 2 heteroatoms. The summed E-state index contributed by atoms with van der Waals surface area (Å²) < 4.78 is 0. The summed E-state index contributed by atoms with van der Waals surface area (Å²) in [4.78, 5) is 5.18. The highest BCUT2D eigenvalue weighted by Gasteiger charge is 2.66. The fraction of sp³-hybridized carbons (Fsp3) is 0.419. The minimum absolute atomic E-state index is 0.0778. The van der Waals surface area contributed by atoms with Crippen LogP contribution in [0.5, 0.6) is 0 Å². The molecule has 6 aromatic rings. The van der Waals surface area contributed by atoms with E-state index in [-0.39, 0.29) is 21.7 Å². The van der Waals surface area contributed by atoms with Gasteiger partial charge in [0.2, 0.25) is 0 Å². The molecule has 3 aliphatic rings. The first-order valence-corrected chi connectivity index (χ1v) is 24.6. The van der Waals surface area contributed by atoms with E-state index in [1.807, 2.05) is 0 Å². The molecule has 9 rings (SSSR count). The van der Waals surface area contributed by atoms with E-state index in [0.29, 0.717) is 5.92 Å². The Morgan fingerprint density at radius 3 is 1.36 bits per heavy atom. The van der Waals surface area contributed by atoms with Crippen molar-refractivity contribution in [2.45, 2.75) is 163 Å². The lowest BCUT2D eigenvalue weighted by Gasteiger charge is -2.51. The first-order valence-electron chi connectivity index (χ1n) is 24.6. The average Bonchev–Trinajstić information content (AvgIpc) is 3.80. The number of anilines is 6. The SMILES string of the molecule is CCCCC1CC[C@@]23CCC[C@@]12c1cc(N(c2ccc(C)cc2)c2c(C)cc(C(C)(C)C)cc2C)ccc1-c1ccc(N(c2ccc(C)cc2)c2c(C)cc(C(C)(C)C)cc2C)cc13. The number of nitrogens with zero attached hydrogens (tertiary/aromatic N) is 2. The number of rotatable bonds is 9. The summed E-state index contributed by atoms with van der Waals surface area (Å²) in [5.41, 5.74) is 24.7. The molecule has 6 aromatic carbocycles. The van der Waals surface area contributed by atoms with Gasteiger partial charge in [0.05, 0.1) is 11.4 Å². The molecule has 3 aliphatic carbocycles. The Morgan fingerprint density at radius 1 is 0.500 bits per heavy atom. The summed E-state index contributed by atoms with van der Waals surface area (Å²) in [5, 5.41) is 0. The first-order chi connectivity index (χ1) is 30.4. The van der Waals surface area contributed by atoms with Crippen LogP contribution in [0.4, 0.5) is 34.1 Å². The van der Waals surface area contributed by atoms with E-state index in [0.717, 1.165) is 0 Å². The van der Waals surface area contributed by atoms with Crippen molar-refractivity contribution in [3.05, 3.63) is 165 Å². The predicted molar refractivity (Wildman–Crippen MR) is 277 cm³/mol. The summed E-state index contributed by atoms with van der Waals surface area (Å²) in [6.07, 6.45) is 10.2. The van der Waals surface area contributed by atoms with Gasteiger partial charge in [-0.1, -0.05) is 140 Å². The number of hydrogen-bond acceptors (Lipinski definition) is 2. The van der Waals surface area contributed by atoms with E-state index in [4.69, 9.17) is 0 Å². The molecular formula is C62H74N2. The van der Waals surface area contributed by atoms with E-state index < -0.39 is 0 Å². The summed E-state index contributed by atoms with van der Waals surface area (Å²) >= 11 is 0. The molecule has 0 amide bonds. The van der Waals surface area contributed by atoms with Crippen LogP contribution in [0.1, 0.15) is 155 Å². The highest BCUT2D eigenvalue weighted by atomic mass is 15.2. The van der Waals surface area contributed by atoms with Gasteiger partial charge in [-0.2, -0.15) is 0 Å². The summed E-state index contributed by atoms with van der Waals surface area (Å²) in [7, 11) is 0. The van der Waals surface area contributed by atoms with Crippen molar-refractivity contribution in [3.8, 4) is 11.1 Å². The van der Waals surface area contributed by atoms with Gasteiger partial charge in [0, 0.05) is 33.6 Å². The van der Waals surface area contributed by atoms with Crippen molar-refractivity contribution in [1.29, 1.82) is 0 Å². The minimum atomic E-state index is 0.0778. The van der Waals surface area contributed by atoms with Crippen LogP contribution in [0.15, 0.2) is 109 Å². The van der Waals surface area contributed by atoms with E-state index >= 15 is 0 Å². The van der Waals surface area contributed by atoms with Crippen LogP contribution >= 0.6 is 0 Å². The highest BCUT2D eigenvalue weighted by Crippen LogP contribution is 2.72. The van der Waals surface area contributed by atoms with Crippen LogP contribution in [-0.2, 0) is 21.7 Å². The molecule has 0 radical (unpaired) electrons. The Bertz CT molecular complexity index is 2670. The van der Waals surface area contributed by atoms with Crippen molar-refractivity contribution >= 4 is 34.1 Å². The monoisotopic (exact) mass is 847 g/mol. The Labute approximate surface area is 387 Å². The molecule has 2 nitrogen and oxygen atoms in total. The lowest BCUT2D eigenvalue weighted by Crippen LogP contribution is -2.47. The lowest BCUT2D eigenvalue weighted by molar-refractivity contribution is 0.221. The highest BCUT2D eigenvalue weighted by molar-refractivity contribution is 5.89. The van der Waals surface area contributed by atoms with Gasteiger partial charge in [0.15, 0.2) is 0 Å². The zero-order valence-corrected chi connectivity index (χ0v) is 41.5. The molecule has 0 bridgehead atoms. The average molecular weight is 847 g/mol. The maximum atomic E-state index is 2.69. The van der Waals surface area contributed by atoms with E-state index in [1.54, 1.807) is 11.1 Å². The Morgan fingerprint density at radius 2 is 0.922 bits per heavy atom. The van der Waals surface area contributed by atoms with Gasteiger partial charge in [0.1, 0.15) is 0 Å². The fourth-order valence-electron chi connectivity index (χ4n) is 13.0. The first kappa shape index (κ1) is 44.1. The van der Waals surface area contributed by atoms with Crippen molar-refractivity contribution in [2.75, 3.05) is 9.80 Å². The van der Waals surface area contributed by atoms with Gasteiger partial charge in [-0.25, -0.2) is 0 Å². The minimum Gasteiger partial charge on any atom is -0.310 e. The molecule has 0 spiro atoms. The largest absolute Gasteiger partial charge is 0.310 e. The normalized spacial score (nSPS) is 20.1. The van der Waals surface area contributed by atoms with Crippen LogP contribution < -0.4 is 9.80 Å². The predicted octanol–water partition coefficient (Wildman–Crippen LogP) is 18.0. The Balaban J connectivity index is 1.28. The van der Waals surface area contributed by atoms with Crippen molar-refractivity contribution < 1.29 is 0 Å². The number of aryl methyl sites for hydroxylation is 6. The molecule has 0 aromatic heterocycles. The van der Waals surface area contributed by atoms with Crippen LogP contribution in [0, 0.1) is 47.5 Å². The van der Waals surface area contributed by atoms with Crippen LogP contribution in [0.3, 0.4) is 0 Å². The van der Waals surface area contributed by atoms with E-state index in [2.05, 4.69) is 209 Å². The molecule has 0 saturated heterocycles. The third kappa shape index (κ3) is 7.14. The zero-order chi connectivity index (χ0) is 45.5. The number of unbranched alkanes of at least 4 members (excludes halogenated alkanes) is 1. The second-order valence-corrected chi connectivity index (χ2v) is 22.5. The Kier molecular flexibility index (Phi) is 11.1. The van der Waals surface area contributed by atoms with E-state index in [1.165, 1.54) is 141 Å². The third-order valence-electron chi connectivity index (χ3n) is 16.1. The fourth-order valence-corrected chi connectivity index (χ4v) is 13.0.